The van der Waals surface area contributed by atoms with E-state index < -0.39 is 11.7 Å². The summed E-state index contributed by atoms with van der Waals surface area (Å²) in [5, 5.41) is 9.86. The minimum atomic E-state index is -4.42. The lowest BCUT2D eigenvalue weighted by Crippen LogP contribution is -2.42. The molecule has 0 fully saturated rings. The van der Waals surface area contributed by atoms with Gasteiger partial charge in [-0.25, -0.2) is 4.99 Å². The molecule has 2 N–H and O–H groups in total. The van der Waals surface area contributed by atoms with Crippen LogP contribution in [0.5, 0.6) is 0 Å². The summed E-state index contributed by atoms with van der Waals surface area (Å²) in [5.74, 6) is 0.883. The first-order valence-corrected chi connectivity index (χ1v) is 9.40. The predicted octanol–water partition coefficient (Wildman–Crippen LogP) is 3.76. The van der Waals surface area contributed by atoms with Crippen LogP contribution in [0.25, 0.3) is 0 Å². The van der Waals surface area contributed by atoms with Gasteiger partial charge in [-0.2, -0.15) is 13.2 Å². The molecule has 1 heterocycles. The summed E-state index contributed by atoms with van der Waals surface area (Å²) in [7, 11) is 3.25. The summed E-state index contributed by atoms with van der Waals surface area (Å²) in [5.41, 5.74) is 0.472. The van der Waals surface area contributed by atoms with Gasteiger partial charge >= 0.3 is 6.18 Å². The van der Waals surface area contributed by atoms with Crippen LogP contribution in [0.3, 0.4) is 0 Å². The van der Waals surface area contributed by atoms with E-state index in [4.69, 9.17) is 4.52 Å². The first-order chi connectivity index (χ1) is 14.1. The summed E-state index contributed by atoms with van der Waals surface area (Å²) in [4.78, 5) is 17.6. The minimum Gasteiger partial charge on any atom is -0.359 e. The Morgan fingerprint density at radius 2 is 1.94 bits per heavy atom. The average molecular weight is 553 g/mol. The van der Waals surface area contributed by atoms with Crippen LogP contribution >= 0.6 is 24.0 Å². The zero-order valence-corrected chi connectivity index (χ0v) is 20.1. The highest BCUT2D eigenvalue weighted by atomic mass is 127. The van der Waals surface area contributed by atoms with Crippen molar-refractivity contribution in [2.24, 2.45) is 4.99 Å². The van der Waals surface area contributed by atoms with Gasteiger partial charge in [-0.15, -0.1) is 24.0 Å². The third kappa shape index (κ3) is 8.75. The van der Waals surface area contributed by atoms with E-state index in [0.29, 0.717) is 11.3 Å². The fourth-order valence-electron chi connectivity index (χ4n) is 2.36. The van der Waals surface area contributed by atoms with Crippen molar-refractivity contribution in [1.29, 1.82) is 0 Å². The summed E-state index contributed by atoms with van der Waals surface area (Å²) < 4.78 is 44.0. The number of carbonyl (C=O) groups excluding carboxylic acids is 1. The number of guanidine groups is 1. The molecule has 0 bridgehead atoms. The molecule has 2 rings (SSSR count). The summed E-state index contributed by atoms with van der Waals surface area (Å²) in [6.45, 7) is 4.22. The second-order valence-corrected chi connectivity index (χ2v) is 7.23. The van der Waals surface area contributed by atoms with Crippen LogP contribution in [0.2, 0.25) is 0 Å². The molecular formula is C20H27F3IN5O2. The SMILES string of the molecule is CC(C)c1cc(CNC(=NCc2cccc(C(F)(F)F)c2)NCC(=O)N(C)C)on1.I. The Labute approximate surface area is 196 Å². The molecule has 1 aromatic carbocycles. The molecule has 0 aliphatic carbocycles. The Kier molecular flexibility index (Phi) is 10.3. The van der Waals surface area contributed by atoms with Crippen molar-refractivity contribution in [2.75, 3.05) is 20.6 Å². The quantitative estimate of drug-likeness (QED) is 0.310. The van der Waals surface area contributed by atoms with Crippen LogP contribution in [-0.2, 0) is 24.1 Å². The van der Waals surface area contributed by atoms with Gasteiger partial charge in [0.1, 0.15) is 0 Å². The lowest BCUT2D eigenvalue weighted by atomic mass is 10.1. The number of likely N-dealkylation sites (N-methyl/N-ethyl adjacent to an activating group) is 1. The van der Waals surface area contributed by atoms with Gasteiger partial charge in [-0.3, -0.25) is 4.79 Å². The molecule has 0 spiro atoms. The van der Waals surface area contributed by atoms with E-state index in [1.165, 1.54) is 11.0 Å². The van der Waals surface area contributed by atoms with Gasteiger partial charge in [-0.05, 0) is 23.6 Å². The topological polar surface area (TPSA) is 82.8 Å². The number of rotatable bonds is 7. The highest BCUT2D eigenvalue weighted by Crippen LogP contribution is 2.29. The van der Waals surface area contributed by atoms with Crippen LogP contribution in [-0.4, -0.2) is 42.6 Å². The number of aromatic nitrogens is 1. The zero-order valence-electron chi connectivity index (χ0n) is 17.8. The molecule has 0 aliphatic rings. The third-order valence-corrected chi connectivity index (χ3v) is 4.18. The molecule has 31 heavy (non-hydrogen) atoms. The van der Waals surface area contributed by atoms with Crippen molar-refractivity contribution in [3.63, 3.8) is 0 Å². The van der Waals surface area contributed by atoms with Gasteiger partial charge in [0.15, 0.2) is 11.7 Å². The summed E-state index contributed by atoms with van der Waals surface area (Å²) in [6, 6.07) is 6.78. The molecule has 1 aromatic heterocycles. The van der Waals surface area contributed by atoms with E-state index >= 15 is 0 Å². The van der Waals surface area contributed by atoms with Gasteiger partial charge in [0.2, 0.25) is 5.91 Å². The van der Waals surface area contributed by atoms with Crippen LogP contribution in [0.1, 0.15) is 42.3 Å². The highest BCUT2D eigenvalue weighted by Gasteiger charge is 2.30. The van der Waals surface area contributed by atoms with E-state index in [-0.39, 0.29) is 61.4 Å². The lowest BCUT2D eigenvalue weighted by Gasteiger charge is -2.14. The Morgan fingerprint density at radius 3 is 2.52 bits per heavy atom. The van der Waals surface area contributed by atoms with E-state index in [1.807, 2.05) is 19.9 Å². The smallest absolute Gasteiger partial charge is 0.359 e. The first-order valence-electron chi connectivity index (χ1n) is 9.40. The number of hydrogen-bond donors (Lipinski definition) is 2. The lowest BCUT2D eigenvalue weighted by molar-refractivity contribution is -0.137. The average Bonchev–Trinajstić information content (AvgIpc) is 3.16. The Hall–Kier alpha value is -2.31. The standard InChI is InChI=1S/C20H26F3N5O2.HI/c1-13(2)17-9-16(30-27-17)11-25-19(26-12-18(29)28(3)4)24-10-14-6-5-7-15(8-14)20(21,22)23;/h5-9,13H,10-12H2,1-4H3,(H2,24,25,26);1H. The fraction of sp³-hybridized carbons (Fsp3) is 0.450. The number of nitrogens with one attached hydrogen (secondary N) is 2. The Morgan fingerprint density at radius 1 is 1.23 bits per heavy atom. The Bertz CT molecular complexity index is 882. The monoisotopic (exact) mass is 553 g/mol. The number of amides is 1. The highest BCUT2D eigenvalue weighted by molar-refractivity contribution is 14.0. The largest absolute Gasteiger partial charge is 0.416 e. The molecule has 0 unspecified atom stereocenters. The van der Waals surface area contributed by atoms with Gasteiger partial charge in [-0.1, -0.05) is 31.1 Å². The second kappa shape index (κ2) is 11.9. The first kappa shape index (κ1) is 26.7. The predicted molar refractivity (Wildman–Crippen MR) is 122 cm³/mol. The molecule has 11 heteroatoms. The third-order valence-electron chi connectivity index (χ3n) is 4.18. The van der Waals surface area contributed by atoms with Crippen molar-refractivity contribution in [3.8, 4) is 0 Å². The number of hydrogen-bond acceptors (Lipinski definition) is 4. The maximum Gasteiger partial charge on any atom is 0.416 e. The second-order valence-electron chi connectivity index (χ2n) is 7.23. The number of benzene rings is 1. The molecule has 0 saturated carbocycles. The molecule has 2 aromatic rings. The number of aliphatic imine (C=N–C) groups is 1. The molecule has 0 atom stereocenters. The Balaban J connectivity index is 0.00000480. The number of nitrogens with zero attached hydrogens (tertiary/aromatic N) is 3. The van der Waals surface area contributed by atoms with Crippen LogP contribution in [0, 0.1) is 0 Å². The number of halogens is 4. The molecule has 7 nitrogen and oxygen atoms in total. The minimum absolute atomic E-state index is 0. The van der Waals surface area contributed by atoms with Crippen molar-refractivity contribution in [3.05, 3.63) is 52.9 Å². The van der Waals surface area contributed by atoms with Crippen molar-refractivity contribution in [1.82, 2.24) is 20.7 Å². The summed E-state index contributed by atoms with van der Waals surface area (Å²) in [6.07, 6.45) is -4.42. The van der Waals surface area contributed by atoms with Crippen LogP contribution in [0.15, 0.2) is 39.8 Å². The van der Waals surface area contributed by atoms with Gasteiger partial charge in [0, 0.05) is 20.2 Å². The zero-order chi connectivity index (χ0) is 22.3. The van der Waals surface area contributed by atoms with Gasteiger partial charge < -0.3 is 20.1 Å². The fourth-order valence-corrected chi connectivity index (χ4v) is 2.36. The molecule has 0 saturated heterocycles. The molecular weight excluding hydrogens is 526 g/mol. The molecule has 1 amide bonds. The summed E-state index contributed by atoms with van der Waals surface area (Å²) >= 11 is 0. The van der Waals surface area contributed by atoms with Crippen molar-refractivity contribution < 1.29 is 22.5 Å². The van der Waals surface area contributed by atoms with E-state index in [9.17, 15) is 18.0 Å². The maximum atomic E-state index is 12.9. The van der Waals surface area contributed by atoms with Crippen LogP contribution in [0.4, 0.5) is 13.2 Å². The van der Waals surface area contributed by atoms with Crippen LogP contribution < -0.4 is 10.6 Å². The molecule has 0 aliphatic heterocycles. The molecule has 0 radical (unpaired) electrons. The number of alkyl halides is 3. The number of carbonyl (C=O) groups is 1. The maximum absolute atomic E-state index is 12.9. The van der Waals surface area contributed by atoms with Crippen molar-refractivity contribution >= 4 is 35.8 Å². The van der Waals surface area contributed by atoms with E-state index in [2.05, 4.69) is 20.8 Å². The van der Waals surface area contributed by atoms with E-state index in [1.54, 1.807) is 20.2 Å². The van der Waals surface area contributed by atoms with Crippen molar-refractivity contribution in [2.45, 2.75) is 39.0 Å². The van der Waals surface area contributed by atoms with Gasteiger partial charge in [0.05, 0.1) is 30.9 Å². The van der Waals surface area contributed by atoms with E-state index in [0.717, 1.165) is 17.8 Å². The normalized spacial score (nSPS) is 11.8. The molecule has 172 valence electrons. The van der Waals surface area contributed by atoms with Gasteiger partial charge in [0.25, 0.3) is 0 Å².